The van der Waals surface area contributed by atoms with Gasteiger partial charge >= 0.3 is 0 Å². The Hall–Kier alpha value is -2.07. The van der Waals surface area contributed by atoms with Gasteiger partial charge < -0.3 is 14.6 Å². The fourth-order valence-corrected chi connectivity index (χ4v) is 2.11. The van der Waals surface area contributed by atoms with Crippen molar-refractivity contribution in [1.29, 1.82) is 0 Å². The number of halogens is 1. The van der Waals surface area contributed by atoms with Crippen molar-refractivity contribution < 1.29 is 19.0 Å². The molecule has 0 spiro atoms. The van der Waals surface area contributed by atoms with Gasteiger partial charge in [0.1, 0.15) is 12.4 Å². The number of methoxy groups -OCH3 is 1. The molecule has 2 aromatic carbocycles. The van der Waals surface area contributed by atoms with Crippen LogP contribution in [-0.2, 0) is 6.61 Å². The summed E-state index contributed by atoms with van der Waals surface area (Å²) in [5, 5.41) is 9.79. The standard InChI is InChI=1S/C17H19FO3/c1-11-7-8-15(14(9-11)12(2)19)21-10-13-5-4-6-16(20-3)17(13)18/h4-9,12,19H,10H2,1-3H3/t12-/m0/s1. The Morgan fingerprint density at radius 2 is 1.95 bits per heavy atom. The topological polar surface area (TPSA) is 38.7 Å². The van der Waals surface area contributed by atoms with E-state index in [0.717, 1.165) is 5.56 Å². The number of aliphatic hydroxyl groups excluding tert-OH is 1. The quantitative estimate of drug-likeness (QED) is 0.911. The number of hydrogen-bond acceptors (Lipinski definition) is 3. The number of hydrogen-bond donors (Lipinski definition) is 1. The maximum absolute atomic E-state index is 14.0. The normalized spacial score (nSPS) is 12.0. The van der Waals surface area contributed by atoms with E-state index >= 15 is 0 Å². The summed E-state index contributed by atoms with van der Waals surface area (Å²) in [4.78, 5) is 0. The Bertz CT molecular complexity index is 623. The van der Waals surface area contributed by atoms with Crippen LogP contribution in [0.15, 0.2) is 36.4 Å². The predicted octanol–water partition coefficient (Wildman–Crippen LogP) is 3.78. The Labute approximate surface area is 124 Å². The second-order valence-corrected chi connectivity index (χ2v) is 4.94. The van der Waals surface area contributed by atoms with Gasteiger partial charge in [-0.25, -0.2) is 4.39 Å². The SMILES string of the molecule is COc1cccc(COc2ccc(C)cc2[C@H](C)O)c1F. The second-order valence-electron chi connectivity index (χ2n) is 4.94. The molecule has 1 atom stereocenters. The molecule has 0 aliphatic rings. The zero-order chi connectivity index (χ0) is 15.4. The maximum atomic E-state index is 14.0. The van der Waals surface area contributed by atoms with Gasteiger partial charge in [0.15, 0.2) is 11.6 Å². The fraction of sp³-hybridized carbons (Fsp3) is 0.294. The molecule has 0 unspecified atom stereocenters. The Balaban J connectivity index is 2.21. The minimum Gasteiger partial charge on any atom is -0.494 e. The molecule has 0 aromatic heterocycles. The van der Waals surface area contributed by atoms with Crippen molar-refractivity contribution in [2.45, 2.75) is 26.6 Å². The van der Waals surface area contributed by atoms with E-state index < -0.39 is 11.9 Å². The molecule has 2 rings (SSSR count). The average Bonchev–Trinajstić information content (AvgIpc) is 2.47. The molecule has 112 valence electrons. The van der Waals surface area contributed by atoms with Crippen LogP contribution in [0.3, 0.4) is 0 Å². The molecule has 0 saturated carbocycles. The number of aliphatic hydroxyl groups is 1. The Kier molecular flexibility index (Phi) is 4.81. The van der Waals surface area contributed by atoms with Crippen LogP contribution < -0.4 is 9.47 Å². The van der Waals surface area contributed by atoms with Gasteiger partial charge in [-0.3, -0.25) is 0 Å². The molecular weight excluding hydrogens is 271 g/mol. The minimum atomic E-state index is -0.643. The predicted molar refractivity (Wildman–Crippen MR) is 79.1 cm³/mol. The zero-order valence-electron chi connectivity index (χ0n) is 12.4. The summed E-state index contributed by atoms with van der Waals surface area (Å²) in [6.45, 7) is 3.69. The van der Waals surface area contributed by atoms with E-state index in [-0.39, 0.29) is 12.4 Å². The van der Waals surface area contributed by atoms with Gasteiger partial charge in [-0.1, -0.05) is 23.8 Å². The molecule has 0 amide bonds. The van der Waals surface area contributed by atoms with Gasteiger partial charge in [0.2, 0.25) is 0 Å². The molecule has 0 bridgehead atoms. The molecule has 0 aliphatic carbocycles. The molecule has 0 heterocycles. The molecule has 3 nitrogen and oxygen atoms in total. The zero-order valence-corrected chi connectivity index (χ0v) is 12.4. The maximum Gasteiger partial charge on any atom is 0.171 e. The molecule has 2 aromatic rings. The van der Waals surface area contributed by atoms with Crippen LogP contribution in [0.25, 0.3) is 0 Å². The molecule has 0 saturated heterocycles. The molecule has 1 N–H and O–H groups in total. The molecule has 21 heavy (non-hydrogen) atoms. The van der Waals surface area contributed by atoms with Gasteiger partial charge in [-0.05, 0) is 32.0 Å². The Morgan fingerprint density at radius 1 is 1.19 bits per heavy atom. The van der Waals surface area contributed by atoms with Crippen LogP contribution in [0.4, 0.5) is 4.39 Å². The third-order valence-electron chi connectivity index (χ3n) is 3.26. The van der Waals surface area contributed by atoms with Gasteiger partial charge in [0.05, 0.1) is 13.2 Å². The molecule has 0 radical (unpaired) electrons. The first-order chi connectivity index (χ1) is 10.0. The smallest absolute Gasteiger partial charge is 0.171 e. The number of ether oxygens (including phenoxy) is 2. The van der Waals surface area contributed by atoms with Crippen molar-refractivity contribution in [3.63, 3.8) is 0 Å². The summed E-state index contributed by atoms with van der Waals surface area (Å²) in [6, 6.07) is 10.5. The van der Waals surface area contributed by atoms with Crippen molar-refractivity contribution in [3.05, 3.63) is 58.9 Å². The van der Waals surface area contributed by atoms with Crippen LogP contribution in [0.5, 0.6) is 11.5 Å². The van der Waals surface area contributed by atoms with Crippen LogP contribution in [0, 0.1) is 12.7 Å². The van der Waals surface area contributed by atoms with Crippen molar-refractivity contribution in [3.8, 4) is 11.5 Å². The van der Waals surface area contributed by atoms with Crippen LogP contribution in [0.1, 0.15) is 29.7 Å². The first kappa shape index (κ1) is 15.3. The van der Waals surface area contributed by atoms with Crippen LogP contribution in [0.2, 0.25) is 0 Å². The monoisotopic (exact) mass is 290 g/mol. The van der Waals surface area contributed by atoms with E-state index in [4.69, 9.17) is 9.47 Å². The molecule has 0 aliphatic heterocycles. The third kappa shape index (κ3) is 3.52. The summed E-state index contributed by atoms with van der Waals surface area (Å²) < 4.78 is 24.7. The van der Waals surface area contributed by atoms with Crippen molar-refractivity contribution in [1.82, 2.24) is 0 Å². The van der Waals surface area contributed by atoms with E-state index in [1.54, 1.807) is 31.2 Å². The van der Waals surface area contributed by atoms with Gasteiger partial charge in [-0.15, -0.1) is 0 Å². The van der Waals surface area contributed by atoms with Crippen molar-refractivity contribution >= 4 is 0 Å². The van der Waals surface area contributed by atoms with Gasteiger partial charge in [0, 0.05) is 11.1 Å². The lowest BCUT2D eigenvalue weighted by atomic mass is 10.1. The first-order valence-corrected chi connectivity index (χ1v) is 6.75. The van der Waals surface area contributed by atoms with E-state index in [2.05, 4.69) is 0 Å². The summed E-state index contributed by atoms with van der Waals surface area (Å²) >= 11 is 0. The van der Waals surface area contributed by atoms with Crippen LogP contribution in [-0.4, -0.2) is 12.2 Å². The second kappa shape index (κ2) is 6.59. The number of rotatable bonds is 5. The fourth-order valence-electron chi connectivity index (χ4n) is 2.11. The summed E-state index contributed by atoms with van der Waals surface area (Å²) in [5.74, 6) is 0.319. The highest BCUT2D eigenvalue weighted by Crippen LogP contribution is 2.28. The molecule has 0 fully saturated rings. The third-order valence-corrected chi connectivity index (χ3v) is 3.26. The number of benzene rings is 2. The highest BCUT2D eigenvalue weighted by molar-refractivity contribution is 5.39. The van der Waals surface area contributed by atoms with E-state index in [1.165, 1.54) is 7.11 Å². The van der Waals surface area contributed by atoms with E-state index in [9.17, 15) is 9.50 Å². The van der Waals surface area contributed by atoms with Crippen molar-refractivity contribution in [2.75, 3.05) is 7.11 Å². The van der Waals surface area contributed by atoms with Gasteiger partial charge in [-0.2, -0.15) is 0 Å². The highest BCUT2D eigenvalue weighted by atomic mass is 19.1. The van der Waals surface area contributed by atoms with E-state index in [0.29, 0.717) is 16.9 Å². The number of aryl methyl sites for hydroxylation is 1. The Morgan fingerprint density at radius 3 is 2.62 bits per heavy atom. The van der Waals surface area contributed by atoms with Gasteiger partial charge in [0.25, 0.3) is 0 Å². The molecule has 4 heteroatoms. The lowest BCUT2D eigenvalue weighted by Crippen LogP contribution is -2.03. The first-order valence-electron chi connectivity index (χ1n) is 6.75. The lowest BCUT2D eigenvalue weighted by Gasteiger charge is -2.15. The van der Waals surface area contributed by atoms with Crippen LogP contribution >= 0.6 is 0 Å². The highest BCUT2D eigenvalue weighted by Gasteiger charge is 2.12. The lowest BCUT2D eigenvalue weighted by molar-refractivity contribution is 0.189. The summed E-state index contributed by atoms with van der Waals surface area (Å²) in [7, 11) is 1.43. The summed E-state index contributed by atoms with van der Waals surface area (Å²) in [5.41, 5.74) is 2.13. The van der Waals surface area contributed by atoms with Crippen molar-refractivity contribution in [2.24, 2.45) is 0 Å². The largest absolute Gasteiger partial charge is 0.494 e. The average molecular weight is 290 g/mol. The van der Waals surface area contributed by atoms with E-state index in [1.807, 2.05) is 19.1 Å². The minimum absolute atomic E-state index is 0.0752. The summed E-state index contributed by atoms with van der Waals surface area (Å²) in [6.07, 6.45) is -0.643. The molecular formula is C17H19FO3.